The van der Waals surface area contributed by atoms with Crippen molar-refractivity contribution in [2.24, 2.45) is 5.92 Å². The van der Waals surface area contributed by atoms with Gasteiger partial charge in [-0.15, -0.1) is 0 Å². The summed E-state index contributed by atoms with van der Waals surface area (Å²) >= 11 is 0. The number of alkyl halides is 3. The Labute approximate surface area is 122 Å². The number of nitriles is 1. The summed E-state index contributed by atoms with van der Waals surface area (Å²) < 4.78 is 44.1. The molecule has 0 amide bonds. The van der Waals surface area contributed by atoms with Crippen LogP contribution in [0, 0.1) is 17.2 Å². The van der Waals surface area contributed by atoms with Crippen LogP contribution in [0.1, 0.15) is 31.9 Å². The van der Waals surface area contributed by atoms with Crippen LogP contribution >= 0.6 is 0 Å². The lowest BCUT2D eigenvalue weighted by atomic mass is 10.1. The molecule has 1 unspecified atom stereocenters. The normalized spacial score (nSPS) is 13.0. The third-order valence-corrected chi connectivity index (χ3v) is 2.81. The Balaban J connectivity index is 2.77. The Hall–Kier alpha value is -1.74. The monoisotopic (exact) mass is 300 g/mol. The third kappa shape index (κ3) is 5.64. The number of nitrogens with zero attached hydrogens (tertiary/aromatic N) is 1. The first-order valence-electron chi connectivity index (χ1n) is 6.71. The van der Waals surface area contributed by atoms with Crippen molar-refractivity contribution >= 4 is 0 Å². The SMILES string of the molecule is CC(CNC(C)C)COc1ccc(C#N)cc1C(F)(F)F. The zero-order valence-corrected chi connectivity index (χ0v) is 12.3. The minimum atomic E-state index is -4.54. The highest BCUT2D eigenvalue weighted by Crippen LogP contribution is 2.36. The van der Waals surface area contributed by atoms with Crippen LogP contribution < -0.4 is 10.1 Å². The second kappa shape index (κ2) is 7.32. The van der Waals surface area contributed by atoms with Crippen molar-refractivity contribution in [1.82, 2.24) is 5.32 Å². The van der Waals surface area contributed by atoms with Crippen molar-refractivity contribution in [1.29, 1.82) is 5.26 Å². The quantitative estimate of drug-likeness (QED) is 0.873. The zero-order valence-electron chi connectivity index (χ0n) is 12.3. The summed E-state index contributed by atoms with van der Waals surface area (Å²) in [5, 5.41) is 11.9. The molecule has 1 aromatic carbocycles. The van der Waals surface area contributed by atoms with Crippen LogP contribution in [0.25, 0.3) is 0 Å². The molecule has 0 spiro atoms. The first-order chi connectivity index (χ1) is 9.74. The lowest BCUT2D eigenvalue weighted by Crippen LogP contribution is -2.30. The fraction of sp³-hybridized carbons (Fsp3) is 0.533. The van der Waals surface area contributed by atoms with Crippen LogP contribution in [0.4, 0.5) is 13.2 Å². The van der Waals surface area contributed by atoms with E-state index in [2.05, 4.69) is 5.32 Å². The van der Waals surface area contributed by atoms with Gasteiger partial charge in [0.05, 0.1) is 23.8 Å². The van der Waals surface area contributed by atoms with Crippen LogP contribution in [0.5, 0.6) is 5.75 Å². The van der Waals surface area contributed by atoms with E-state index in [1.165, 1.54) is 12.1 Å². The van der Waals surface area contributed by atoms with Gasteiger partial charge >= 0.3 is 6.18 Å². The minimum Gasteiger partial charge on any atom is -0.493 e. The first-order valence-corrected chi connectivity index (χ1v) is 6.71. The van der Waals surface area contributed by atoms with Crippen LogP contribution in [-0.4, -0.2) is 19.2 Å². The van der Waals surface area contributed by atoms with E-state index in [-0.39, 0.29) is 23.8 Å². The first kappa shape index (κ1) is 17.3. The molecule has 0 aliphatic rings. The van der Waals surface area contributed by atoms with Crippen molar-refractivity contribution in [3.05, 3.63) is 29.3 Å². The van der Waals surface area contributed by atoms with Gasteiger partial charge in [-0.05, 0) is 18.2 Å². The number of halogens is 3. The van der Waals surface area contributed by atoms with E-state index in [1.807, 2.05) is 20.8 Å². The molecule has 0 radical (unpaired) electrons. The maximum Gasteiger partial charge on any atom is 0.420 e. The molecule has 1 N–H and O–H groups in total. The molecule has 1 atom stereocenters. The molecule has 116 valence electrons. The van der Waals surface area contributed by atoms with Crippen LogP contribution in [0.15, 0.2) is 18.2 Å². The fourth-order valence-corrected chi connectivity index (χ4v) is 1.67. The number of hydrogen-bond acceptors (Lipinski definition) is 3. The average molecular weight is 300 g/mol. The standard InChI is InChI=1S/C15H19F3N2O/c1-10(2)20-8-11(3)9-21-14-5-4-12(7-19)6-13(14)15(16,17)18/h4-6,10-11,20H,8-9H2,1-3H3. The number of hydrogen-bond donors (Lipinski definition) is 1. The summed E-state index contributed by atoms with van der Waals surface area (Å²) in [5.41, 5.74) is -0.949. The van der Waals surface area contributed by atoms with Crippen molar-refractivity contribution in [2.45, 2.75) is 33.0 Å². The Morgan fingerprint density at radius 3 is 2.48 bits per heavy atom. The maximum absolute atomic E-state index is 12.9. The molecule has 0 bridgehead atoms. The van der Waals surface area contributed by atoms with Gasteiger partial charge in [0.1, 0.15) is 5.75 Å². The highest BCUT2D eigenvalue weighted by atomic mass is 19.4. The van der Waals surface area contributed by atoms with E-state index >= 15 is 0 Å². The minimum absolute atomic E-state index is 0.0378. The molecule has 0 fully saturated rings. The molecular formula is C15H19F3N2O. The third-order valence-electron chi connectivity index (χ3n) is 2.81. The second-order valence-corrected chi connectivity index (χ2v) is 5.30. The van der Waals surface area contributed by atoms with Crippen LogP contribution in [-0.2, 0) is 6.18 Å². The van der Waals surface area contributed by atoms with E-state index in [9.17, 15) is 13.2 Å². The highest BCUT2D eigenvalue weighted by molar-refractivity contribution is 5.43. The van der Waals surface area contributed by atoms with Crippen LogP contribution in [0.3, 0.4) is 0 Å². The molecule has 0 heterocycles. The lowest BCUT2D eigenvalue weighted by Gasteiger charge is -2.18. The average Bonchev–Trinajstić information content (AvgIpc) is 2.41. The van der Waals surface area contributed by atoms with Gasteiger partial charge in [0.15, 0.2) is 0 Å². The van der Waals surface area contributed by atoms with Crippen molar-refractivity contribution in [3.63, 3.8) is 0 Å². The van der Waals surface area contributed by atoms with E-state index in [4.69, 9.17) is 10.00 Å². The molecule has 0 aromatic heterocycles. The van der Waals surface area contributed by atoms with Crippen LogP contribution in [0.2, 0.25) is 0 Å². The van der Waals surface area contributed by atoms with Gasteiger partial charge in [-0.3, -0.25) is 0 Å². The summed E-state index contributed by atoms with van der Waals surface area (Å²) in [5.74, 6) is -0.165. The predicted octanol–water partition coefficient (Wildman–Crippen LogP) is 3.59. The van der Waals surface area contributed by atoms with Crippen molar-refractivity contribution in [3.8, 4) is 11.8 Å². The molecule has 0 saturated heterocycles. The van der Waals surface area contributed by atoms with E-state index in [1.54, 1.807) is 6.07 Å². The highest BCUT2D eigenvalue weighted by Gasteiger charge is 2.34. The smallest absolute Gasteiger partial charge is 0.420 e. The van der Waals surface area contributed by atoms with Crippen molar-refractivity contribution in [2.75, 3.05) is 13.2 Å². The van der Waals surface area contributed by atoms with Gasteiger partial charge in [-0.1, -0.05) is 20.8 Å². The van der Waals surface area contributed by atoms with E-state index in [0.717, 1.165) is 6.07 Å². The van der Waals surface area contributed by atoms with Gasteiger partial charge in [-0.2, -0.15) is 18.4 Å². The Bertz CT molecular complexity index is 507. The number of ether oxygens (including phenoxy) is 1. The van der Waals surface area contributed by atoms with Gasteiger partial charge in [0.2, 0.25) is 0 Å². The lowest BCUT2D eigenvalue weighted by molar-refractivity contribution is -0.139. The summed E-state index contributed by atoms with van der Waals surface area (Å²) in [4.78, 5) is 0. The maximum atomic E-state index is 12.9. The molecule has 1 aromatic rings. The summed E-state index contributed by atoms with van der Waals surface area (Å²) in [6.45, 7) is 6.72. The van der Waals surface area contributed by atoms with E-state index in [0.29, 0.717) is 12.6 Å². The molecule has 1 rings (SSSR count). The largest absolute Gasteiger partial charge is 0.493 e. The van der Waals surface area contributed by atoms with Gasteiger partial charge < -0.3 is 10.1 Å². The van der Waals surface area contributed by atoms with Gasteiger partial charge in [0, 0.05) is 18.5 Å². The fourth-order valence-electron chi connectivity index (χ4n) is 1.67. The topological polar surface area (TPSA) is 45.0 Å². The zero-order chi connectivity index (χ0) is 16.0. The second-order valence-electron chi connectivity index (χ2n) is 5.30. The van der Waals surface area contributed by atoms with Crippen molar-refractivity contribution < 1.29 is 17.9 Å². The number of benzene rings is 1. The number of rotatable bonds is 6. The van der Waals surface area contributed by atoms with E-state index < -0.39 is 11.7 Å². The Morgan fingerprint density at radius 2 is 1.95 bits per heavy atom. The molecule has 0 saturated carbocycles. The molecule has 0 aliphatic heterocycles. The summed E-state index contributed by atoms with van der Waals surface area (Å²) in [7, 11) is 0. The van der Waals surface area contributed by atoms with Gasteiger partial charge in [0.25, 0.3) is 0 Å². The molecule has 3 nitrogen and oxygen atoms in total. The Morgan fingerprint density at radius 1 is 1.29 bits per heavy atom. The van der Waals surface area contributed by atoms with Gasteiger partial charge in [-0.25, -0.2) is 0 Å². The Kier molecular flexibility index (Phi) is 6.03. The molecule has 0 aliphatic carbocycles. The molecule has 6 heteroatoms. The molecule has 21 heavy (non-hydrogen) atoms. The number of nitrogens with one attached hydrogen (secondary N) is 1. The summed E-state index contributed by atoms with van der Waals surface area (Å²) in [6, 6.07) is 5.34. The molecular weight excluding hydrogens is 281 g/mol. The summed E-state index contributed by atoms with van der Waals surface area (Å²) in [6.07, 6.45) is -4.54. The predicted molar refractivity (Wildman–Crippen MR) is 74.0 cm³/mol.